The third-order valence-corrected chi connectivity index (χ3v) is 4.07. The molecule has 0 aliphatic carbocycles. The maximum atomic E-state index is 6.07. The minimum absolute atomic E-state index is 0.216. The Morgan fingerprint density at radius 1 is 1.17 bits per heavy atom. The Hall–Kier alpha value is -2.26. The van der Waals surface area contributed by atoms with E-state index in [2.05, 4.69) is 22.5 Å². The maximum absolute atomic E-state index is 6.07. The average molecular weight is 327 g/mol. The van der Waals surface area contributed by atoms with Crippen molar-refractivity contribution in [3.63, 3.8) is 0 Å². The van der Waals surface area contributed by atoms with E-state index in [1.807, 2.05) is 55.0 Å². The van der Waals surface area contributed by atoms with Crippen molar-refractivity contribution in [3.05, 3.63) is 83.4 Å². The zero-order chi connectivity index (χ0) is 16.1. The van der Waals surface area contributed by atoms with E-state index in [0.29, 0.717) is 6.61 Å². The van der Waals surface area contributed by atoms with Crippen molar-refractivity contribution >= 4 is 11.6 Å². The Balaban J connectivity index is 1.83. The number of ether oxygens (including phenoxy) is 1. The van der Waals surface area contributed by atoms with E-state index < -0.39 is 0 Å². The molecule has 1 aromatic heterocycles. The molecule has 0 amide bonds. The first-order chi connectivity index (χ1) is 11.3. The van der Waals surface area contributed by atoms with Gasteiger partial charge >= 0.3 is 0 Å². The van der Waals surface area contributed by atoms with E-state index in [0.717, 1.165) is 28.3 Å². The summed E-state index contributed by atoms with van der Waals surface area (Å²) in [6.45, 7) is 2.66. The van der Waals surface area contributed by atoms with Gasteiger partial charge in [0.05, 0.1) is 12.4 Å². The first-order valence-corrected chi connectivity index (χ1v) is 8.09. The molecule has 0 saturated carbocycles. The SMILES string of the molecule is CCC(c1ccccc1OCc1cccc(Cl)c1)n1ccnc1. The second-order valence-corrected chi connectivity index (χ2v) is 5.83. The van der Waals surface area contributed by atoms with Gasteiger partial charge in [0.25, 0.3) is 0 Å². The summed E-state index contributed by atoms with van der Waals surface area (Å²) in [4.78, 5) is 4.16. The Labute approximate surface area is 141 Å². The molecule has 0 N–H and O–H groups in total. The number of para-hydroxylation sites is 1. The molecule has 23 heavy (non-hydrogen) atoms. The molecule has 0 saturated heterocycles. The zero-order valence-corrected chi connectivity index (χ0v) is 13.8. The Morgan fingerprint density at radius 3 is 2.78 bits per heavy atom. The Bertz CT molecular complexity index is 756. The number of hydrogen-bond donors (Lipinski definition) is 0. The lowest BCUT2D eigenvalue weighted by Crippen LogP contribution is -2.10. The molecular weight excluding hydrogens is 308 g/mol. The first-order valence-electron chi connectivity index (χ1n) is 7.71. The molecule has 1 atom stereocenters. The Morgan fingerprint density at radius 2 is 2.04 bits per heavy atom. The van der Waals surface area contributed by atoms with Crippen molar-refractivity contribution in [3.8, 4) is 5.75 Å². The second kappa shape index (κ2) is 7.34. The number of aromatic nitrogens is 2. The average Bonchev–Trinajstić information content (AvgIpc) is 3.09. The van der Waals surface area contributed by atoms with Crippen molar-refractivity contribution in [1.29, 1.82) is 0 Å². The topological polar surface area (TPSA) is 27.1 Å². The van der Waals surface area contributed by atoms with E-state index in [9.17, 15) is 0 Å². The summed E-state index contributed by atoms with van der Waals surface area (Å²) >= 11 is 6.03. The second-order valence-electron chi connectivity index (χ2n) is 5.39. The lowest BCUT2D eigenvalue weighted by Gasteiger charge is -2.20. The van der Waals surface area contributed by atoms with Gasteiger partial charge in [-0.25, -0.2) is 4.98 Å². The van der Waals surface area contributed by atoms with Gasteiger partial charge in [0.2, 0.25) is 0 Å². The number of halogens is 1. The molecule has 0 fully saturated rings. The van der Waals surface area contributed by atoms with Crippen molar-refractivity contribution in [2.24, 2.45) is 0 Å². The van der Waals surface area contributed by atoms with Crippen LogP contribution in [0.5, 0.6) is 5.75 Å². The highest BCUT2D eigenvalue weighted by Crippen LogP contribution is 2.30. The summed E-state index contributed by atoms with van der Waals surface area (Å²) < 4.78 is 8.18. The van der Waals surface area contributed by atoms with Crippen LogP contribution >= 0.6 is 11.6 Å². The summed E-state index contributed by atoms with van der Waals surface area (Å²) in [5.74, 6) is 0.896. The van der Waals surface area contributed by atoms with Crippen LogP contribution in [-0.4, -0.2) is 9.55 Å². The summed E-state index contributed by atoms with van der Waals surface area (Å²) in [5, 5.41) is 0.726. The van der Waals surface area contributed by atoms with Crippen LogP contribution < -0.4 is 4.74 Å². The van der Waals surface area contributed by atoms with E-state index in [-0.39, 0.29) is 6.04 Å². The molecule has 4 heteroatoms. The minimum atomic E-state index is 0.216. The summed E-state index contributed by atoms with van der Waals surface area (Å²) in [6.07, 6.45) is 6.61. The molecular formula is C19H19ClN2O. The molecule has 118 valence electrons. The standard InChI is InChI=1S/C19H19ClN2O/c1-2-18(22-11-10-21-14-22)17-8-3-4-9-19(17)23-13-15-6-5-7-16(20)12-15/h3-12,14,18H,2,13H2,1H3. The van der Waals surface area contributed by atoms with E-state index >= 15 is 0 Å². The van der Waals surface area contributed by atoms with Crippen LogP contribution in [0, 0.1) is 0 Å². The molecule has 1 heterocycles. The fraction of sp³-hybridized carbons (Fsp3) is 0.211. The van der Waals surface area contributed by atoms with E-state index in [1.165, 1.54) is 0 Å². The highest BCUT2D eigenvalue weighted by molar-refractivity contribution is 6.30. The molecule has 3 nitrogen and oxygen atoms in total. The van der Waals surface area contributed by atoms with Crippen LogP contribution in [0.25, 0.3) is 0 Å². The third kappa shape index (κ3) is 3.74. The molecule has 0 aliphatic heterocycles. The van der Waals surface area contributed by atoms with Crippen LogP contribution in [0.3, 0.4) is 0 Å². The van der Waals surface area contributed by atoms with Crippen LogP contribution in [0.4, 0.5) is 0 Å². The van der Waals surface area contributed by atoms with Crippen molar-refractivity contribution in [2.45, 2.75) is 26.0 Å². The molecule has 2 aromatic carbocycles. The van der Waals surface area contributed by atoms with E-state index in [1.54, 1.807) is 6.20 Å². The molecule has 0 bridgehead atoms. The van der Waals surface area contributed by atoms with Gasteiger partial charge in [-0.15, -0.1) is 0 Å². The number of benzene rings is 2. The predicted molar refractivity (Wildman–Crippen MR) is 92.9 cm³/mol. The Kier molecular flexibility index (Phi) is 4.99. The summed E-state index contributed by atoms with van der Waals surface area (Å²) in [5.41, 5.74) is 2.22. The normalized spacial score (nSPS) is 12.1. The van der Waals surface area contributed by atoms with Crippen LogP contribution in [0.15, 0.2) is 67.3 Å². The van der Waals surface area contributed by atoms with E-state index in [4.69, 9.17) is 16.3 Å². The third-order valence-electron chi connectivity index (χ3n) is 3.83. The van der Waals surface area contributed by atoms with Crippen LogP contribution in [0.2, 0.25) is 5.02 Å². The number of rotatable bonds is 6. The lowest BCUT2D eigenvalue weighted by molar-refractivity contribution is 0.299. The van der Waals surface area contributed by atoms with Gasteiger partial charge in [-0.3, -0.25) is 0 Å². The number of nitrogens with zero attached hydrogens (tertiary/aromatic N) is 2. The monoisotopic (exact) mass is 326 g/mol. The highest BCUT2D eigenvalue weighted by Gasteiger charge is 2.15. The largest absolute Gasteiger partial charge is 0.489 e. The molecule has 0 spiro atoms. The van der Waals surface area contributed by atoms with Gasteiger partial charge in [0, 0.05) is 23.0 Å². The van der Waals surface area contributed by atoms with Crippen molar-refractivity contribution in [1.82, 2.24) is 9.55 Å². The van der Waals surface area contributed by atoms with Gasteiger partial charge in [-0.05, 0) is 30.2 Å². The minimum Gasteiger partial charge on any atom is -0.489 e. The number of hydrogen-bond acceptors (Lipinski definition) is 2. The number of imidazole rings is 1. The molecule has 0 radical (unpaired) electrons. The van der Waals surface area contributed by atoms with Gasteiger partial charge in [-0.1, -0.05) is 48.9 Å². The summed E-state index contributed by atoms with van der Waals surface area (Å²) in [6, 6.07) is 16.1. The smallest absolute Gasteiger partial charge is 0.125 e. The maximum Gasteiger partial charge on any atom is 0.125 e. The molecule has 3 rings (SSSR count). The molecule has 1 unspecified atom stereocenters. The zero-order valence-electron chi connectivity index (χ0n) is 13.0. The van der Waals surface area contributed by atoms with Crippen LogP contribution in [0.1, 0.15) is 30.5 Å². The fourth-order valence-electron chi connectivity index (χ4n) is 2.72. The first kappa shape index (κ1) is 15.6. The van der Waals surface area contributed by atoms with Gasteiger partial charge in [-0.2, -0.15) is 0 Å². The van der Waals surface area contributed by atoms with Crippen molar-refractivity contribution in [2.75, 3.05) is 0 Å². The predicted octanol–water partition coefficient (Wildman–Crippen LogP) is 5.11. The quantitative estimate of drug-likeness (QED) is 0.629. The van der Waals surface area contributed by atoms with Gasteiger partial charge in [0.15, 0.2) is 0 Å². The van der Waals surface area contributed by atoms with Gasteiger partial charge in [0.1, 0.15) is 12.4 Å². The highest BCUT2D eigenvalue weighted by atomic mass is 35.5. The van der Waals surface area contributed by atoms with Gasteiger partial charge < -0.3 is 9.30 Å². The summed E-state index contributed by atoms with van der Waals surface area (Å²) in [7, 11) is 0. The molecule has 0 aliphatic rings. The van der Waals surface area contributed by atoms with Crippen molar-refractivity contribution < 1.29 is 4.74 Å². The van der Waals surface area contributed by atoms with Crippen LogP contribution in [-0.2, 0) is 6.61 Å². The lowest BCUT2D eigenvalue weighted by atomic mass is 10.0. The fourth-order valence-corrected chi connectivity index (χ4v) is 2.93. The molecule has 3 aromatic rings.